The zero-order chi connectivity index (χ0) is 18.4. The van der Waals surface area contributed by atoms with Crippen molar-refractivity contribution in [2.75, 3.05) is 5.32 Å². The molecule has 0 bridgehead atoms. The van der Waals surface area contributed by atoms with Crippen molar-refractivity contribution in [1.29, 1.82) is 0 Å². The van der Waals surface area contributed by atoms with Crippen LogP contribution in [0.15, 0.2) is 78.9 Å². The molecule has 0 fully saturated rings. The molecule has 0 aromatic heterocycles. The first-order chi connectivity index (χ1) is 12.6. The lowest BCUT2D eigenvalue weighted by molar-refractivity contribution is 0.0949. The summed E-state index contributed by atoms with van der Waals surface area (Å²) >= 11 is 0. The van der Waals surface area contributed by atoms with E-state index in [2.05, 4.69) is 10.6 Å². The highest BCUT2D eigenvalue weighted by Gasteiger charge is 2.08. The van der Waals surface area contributed by atoms with Crippen LogP contribution in [0.25, 0.3) is 0 Å². The van der Waals surface area contributed by atoms with Crippen molar-refractivity contribution in [3.8, 4) is 0 Å². The summed E-state index contributed by atoms with van der Waals surface area (Å²) in [4.78, 5) is 24.2. The molecule has 3 aromatic carbocycles. The number of carbonyl (C=O) groups excluding carboxylic acids is 2. The van der Waals surface area contributed by atoms with Crippen LogP contribution in [0.5, 0.6) is 0 Å². The molecule has 0 atom stereocenters. The molecule has 3 aromatic rings. The summed E-state index contributed by atoms with van der Waals surface area (Å²) in [6.45, 7) is 0.361. The molecule has 0 aliphatic rings. The summed E-state index contributed by atoms with van der Waals surface area (Å²) in [5.74, 6) is -0.888. The molecule has 4 nitrogen and oxygen atoms in total. The Labute approximate surface area is 150 Å². The molecular weight excluding hydrogens is 331 g/mol. The number of carbonyl (C=O) groups is 2. The van der Waals surface area contributed by atoms with Crippen LogP contribution < -0.4 is 10.6 Å². The number of amides is 2. The molecule has 0 unspecified atom stereocenters. The molecule has 0 radical (unpaired) electrons. The van der Waals surface area contributed by atoms with Crippen LogP contribution in [0.2, 0.25) is 0 Å². The van der Waals surface area contributed by atoms with Crippen LogP contribution in [-0.2, 0) is 6.54 Å². The maximum atomic E-state index is 13.2. The third kappa shape index (κ3) is 4.54. The van der Waals surface area contributed by atoms with Gasteiger partial charge < -0.3 is 10.6 Å². The van der Waals surface area contributed by atoms with Gasteiger partial charge in [0.1, 0.15) is 5.82 Å². The van der Waals surface area contributed by atoms with E-state index in [4.69, 9.17) is 0 Å². The molecule has 2 amide bonds. The Hall–Kier alpha value is -3.47. The summed E-state index contributed by atoms with van der Waals surface area (Å²) in [6, 6.07) is 21.5. The number of halogens is 1. The SMILES string of the molecule is O=C(NCc1ccc(C(=O)Nc2cccc(F)c2)cc1)c1ccccc1. The first kappa shape index (κ1) is 17.4. The molecule has 130 valence electrons. The maximum absolute atomic E-state index is 13.2. The van der Waals surface area contributed by atoms with Gasteiger partial charge >= 0.3 is 0 Å². The van der Waals surface area contributed by atoms with Crippen LogP contribution in [0.1, 0.15) is 26.3 Å². The third-order valence-corrected chi connectivity index (χ3v) is 3.79. The molecule has 0 aliphatic carbocycles. The van der Waals surface area contributed by atoms with Gasteiger partial charge in [0.2, 0.25) is 0 Å². The van der Waals surface area contributed by atoms with Gasteiger partial charge in [-0.05, 0) is 48.0 Å². The van der Waals surface area contributed by atoms with Crippen molar-refractivity contribution in [2.24, 2.45) is 0 Å². The van der Waals surface area contributed by atoms with E-state index in [1.807, 2.05) is 6.07 Å². The summed E-state index contributed by atoms with van der Waals surface area (Å²) < 4.78 is 13.2. The lowest BCUT2D eigenvalue weighted by Crippen LogP contribution is -2.22. The van der Waals surface area contributed by atoms with Crippen molar-refractivity contribution in [1.82, 2.24) is 5.32 Å². The van der Waals surface area contributed by atoms with E-state index < -0.39 is 5.82 Å². The van der Waals surface area contributed by atoms with Crippen LogP contribution in [0.3, 0.4) is 0 Å². The van der Waals surface area contributed by atoms with E-state index in [0.717, 1.165) is 5.56 Å². The summed E-state index contributed by atoms with van der Waals surface area (Å²) in [7, 11) is 0. The Balaban J connectivity index is 1.58. The monoisotopic (exact) mass is 348 g/mol. The zero-order valence-electron chi connectivity index (χ0n) is 13.9. The lowest BCUT2D eigenvalue weighted by Gasteiger charge is -2.08. The Bertz CT molecular complexity index is 909. The lowest BCUT2D eigenvalue weighted by atomic mass is 10.1. The number of benzene rings is 3. The van der Waals surface area contributed by atoms with E-state index >= 15 is 0 Å². The number of anilines is 1. The summed E-state index contributed by atoms with van der Waals surface area (Å²) in [5, 5.41) is 5.47. The standard InChI is InChI=1S/C21H17FN2O2/c22-18-7-4-8-19(13-18)24-21(26)17-11-9-15(10-12-17)14-23-20(25)16-5-2-1-3-6-16/h1-13H,14H2,(H,23,25)(H,24,26). The second-order valence-corrected chi connectivity index (χ2v) is 5.71. The van der Waals surface area contributed by atoms with Gasteiger partial charge in [0.05, 0.1) is 0 Å². The van der Waals surface area contributed by atoms with Gasteiger partial charge in [0, 0.05) is 23.4 Å². The minimum absolute atomic E-state index is 0.154. The second kappa shape index (κ2) is 8.07. The Morgan fingerprint density at radius 2 is 1.46 bits per heavy atom. The topological polar surface area (TPSA) is 58.2 Å². The smallest absolute Gasteiger partial charge is 0.255 e. The maximum Gasteiger partial charge on any atom is 0.255 e. The van der Waals surface area contributed by atoms with Gasteiger partial charge in [-0.15, -0.1) is 0 Å². The first-order valence-electron chi connectivity index (χ1n) is 8.11. The molecule has 5 heteroatoms. The van der Waals surface area contributed by atoms with Crippen molar-refractivity contribution < 1.29 is 14.0 Å². The van der Waals surface area contributed by atoms with E-state index in [-0.39, 0.29) is 11.8 Å². The predicted molar refractivity (Wildman–Crippen MR) is 98.4 cm³/mol. The highest BCUT2D eigenvalue weighted by Crippen LogP contribution is 2.12. The molecule has 0 heterocycles. The molecule has 0 aliphatic heterocycles. The van der Waals surface area contributed by atoms with Crippen LogP contribution in [0, 0.1) is 5.82 Å². The van der Waals surface area contributed by atoms with E-state index in [1.165, 1.54) is 18.2 Å². The van der Waals surface area contributed by atoms with Gasteiger partial charge in [-0.2, -0.15) is 0 Å². The Kier molecular flexibility index (Phi) is 5.39. The quantitative estimate of drug-likeness (QED) is 0.732. The average Bonchev–Trinajstić information content (AvgIpc) is 2.67. The van der Waals surface area contributed by atoms with Crippen LogP contribution >= 0.6 is 0 Å². The molecule has 0 spiro atoms. The fraction of sp³-hybridized carbons (Fsp3) is 0.0476. The first-order valence-corrected chi connectivity index (χ1v) is 8.11. The fourth-order valence-electron chi connectivity index (χ4n) is 2.42. The molecule has 3 rings (SSSR count). The van der Waals surface area contributed by atoms with Gasteiger partial charge in [0.25, 0.3) is 11.8 Å². The number of hydrogen-bond donors (Lipinski definition) is 2. The molecule has 0 saturated carbocycles. The van der Waals surface area contributed by atoms with Gasteiger partial charge in [-0.25, -0.2) is 4.39 Å². The summed E-state index contributed by atoms with van der Waals surface area (Å²) in [5.41, 5.74) is 2.32. The highest BCUT2D eigenvalue weighted by molar-refractivity contribution is 6.04. The van der Waals surface area contributed by atoms with Gasteiger partial charge in [-0.3, -0.25) is 9.59 Å². The average molecular weight is 348 g/mol. The second-order valence-electron chi connectivity index (χ2n) is 5.71. The number of hydrogen-bond acceptors (Lipinski definition) is 2. The van der Waals surface area contributed by atoms with Gasteiger partial charge in [-0.1, -0.05) is 36.4 Å². The molecule has 0 saturated heterocycles. The van der Waals surface area contributed by atoms with E-state index in [0.29, 0.717) is 23.4 Å². The number of nitrogens with one attached hydrogen (secondary N) is 2. The normalized spacial score (nSPS) is 10.2. The van der Waals surface area contributed by atoms with E-state index in [9.17, 15) is 14.0 Å². The van der Waals surface area contributed by atoms with Crippen molar-refractivity contribution in [2.45, 2.75) is 6.54 Å². The fourth-order valence-corrected chi connectivity index (χ4v) is 2.42. The minimum atomic E-state index is -0.410. The van der Waals surface area contributed by atoms with Crippen molar-refractivity contribution >= 4 is 17.5 Å². The third-order valence-electron chi connectivity index (χ3n) is 3.79. The molecule has 26 heavy (non-hydrogen) atoms. The predicted octanol–water partition coefficient (Wildman–Crippen LogP) is 4.01. The van der Waals surface area contributed by atoms with Crippen molar-refractivity contribution in [3.05, 3.63) is 101 Å². The van der Waals surface area contributed by atoms with Crippen LogP contribution in [-0.4, -0.2) is 11.8 Å². The molecule has 2 N–H and O–H groups in total. The van der Waals surface area contributed by atoms with Crippen LogP contribution in [0.4, 0.5) is 10.1 Å². The summed E-state index contributed by atoms with van der Waals surface area (Å²) in [6.07, 6.45) is 0. The molecular formula is C21H17FN2O2. The zero-order valence-corrected chi connectivity index (χ0v) is 13.9. The Morgan fingerprint density at radius 3 is 2.15 bits per heavy atom. The number of rotatable bonds is 5. The van der Waals surface area contributed by atoms with E-state index in [1.54, 1.807) is 54.6 Å². The van der Waals surface area contributed by atoms with Crippen molar-refractivity contribution in [3.63, 3.8) is 0 Å². The highest BCUT2D eigenvalue weighted by atomic mass is 19.1. The van der Waals surface area contributed by atoms with Gasteiger partial charge in [0.15, 0.2) is 0 Å². The minimum Gasteiger partial charge on any atom is -0.348 e. The largest absolute Gasteiger partial charge is 0.348 e. The Morgan fingerprint density at radius 1 is 0.769 bits per heavy atom.